The van der Waals surface area contributed by atoms with E-state index in [0.29, 0.717) is 30.0 Å². The van der Waals surface area contributed by atoms with Gasteiger partial charge < -0.3 is 10.1 Å². The van der Waals surface area contributed by atoms with Crippen molar-refractivity contribution in [2.45, 2.75) is 18.9 Å². The molecule has 2 heterocycles. The normalized spacial score (nSPS) is 30.9. The SMILES string of the molecule is CC(=O)NC[C@H]1CN(c2ccc([C@H]3[C@@H]4CSC[C@@H]43)c(F)c2)C(=O)O1. The van der Waals surface area contributed by atoms with Crippen LogP contribution in [0.5, 0.6) is 0 Å². The van der Waals surface area contributed by atoms with Gasteiger partial charge in [-0.25, -0.2) is 9.18 Å². The lowest BCUT2D eigenvalue weighted by molar-refractivity contribution is -0.119. The van der Waals surface area contributed by atoms with Crippen LogP contribution in [-0.4, -0.2) is 42.7 Å². The van der Waals surface area contributed by atoms with Crippen LogP contribution in [0.25, 0.3) is 0 Å². The van der Waals surface area contributed by atoms with Crippen molar-refractivity contribution < 1.29 is 18.7 Å². The fraction of sp³-hybridized carbons (Fsp3) is 0.529. The maximum atomic E-state index is 14.5. The van der Waals surface area contributed by atoms with Crippen LogP contribution < -0.4 is 10.2 Å². The fourth-order valence-electron chi connectivity index (χ4n) is 3.75. The standard InChI is InChI=1S/C17H19FN2O3S/c1-9(21)19-5-11-6-20(17(22)23-11)10-2-3-12(15(18)4-10)16-13-7-24-8-14(13)16/h2-4,11,13-14,16H,5-8H2,1H3,(H,19,21)/t11-,13-,14+,16+/m0/s1. The second-order valence-corrected chi connectivity index (χ2v) is 7.73. The van der Waals surface area contributed by atoms with Crippen LogP contribution in [0.4, 0.5) is 14.9 Å². The molecule has 2 amide bonds. The molecular weight excluding hydrogens is 331 g/mol. The van der Waals surface area contributed by atoms with Crippen molar-refractivity contribution in [2.75, 3.05) is 29.5 Å². The Labute approximate surface area is 143 Å². The molecule has 1 aromatic carbocycles. The number of nitrogens with one attached hydrogen (secondary N) is 1. The Morgan fingerprint density at radius 2 is 2.17 bits per heavy atom. The van der Waals surface area contributed by atoms with Crippen molar-refractivity contribution in [1.82, 2.24) is 5.32 Å². The molecule has 4 rings (SSSR count). The lowest BCUT2D eigenvalue weighted by atomic mass is 10.1. The van der Waals surface area contributed by atoms with Gasteiger partial charge in [-0.05, 0) is 47.0 Å². The largest absolute Gasteiger partial charge is 0.442 e. The zero-order valence-corrected chi connectivity index (χ0v) is 14.1. The number of hydrogen-bond acceptors (Lipinski definition) is 4. The number of fused-ring (bicyclic) bond motifs is 1. The molecule has 0 bridgehead atoms. The zero-order valence-electron chi connectivity index (χ0n) is 13.3. The minimum atomic E-state index is -0.503. The maximum Gasteiger partial charge on any atom is 0.414 e. The van der Waals surface area contributed by atoms with Crippen molar-refractivity contribution in [2.24, 2.45) is 11.8 Å². The van der Waals surface area contributed by atoms with E-state index in [-0.39, 0.29) is 18.3 Å². The molecule has 2 aliphatic heterocycles. The number of nitrogens with zero attached hydrogens (tertiary/aromatic N) is 1. The summed E-state index contributed by atoms with van der Waals surface area (Å²) in [7, 11) is 0. The first-order valence-electron chi connectivity index (χ1n) is 8.14. The zero-order chi connectivity index (χ0) is 16.8. The van der Waals surface area contributed by atoms with E-state index in [4.69, 9.17) is 4.74 Å². The van der Waals surface area contributed by atoms with E-state index >= 15 is 0 Å². The first kappa shape index (κ1) is 15.7. The highest BCUT2D eigenvalue weighted by Gasteiger charge is 2.54. The topological polar surface area (TPSA) is 58.6 Å². The number of ether oxygens (including phenoxy) is 1. The molecule has 0 radical (unpaired) electrons. The van der Waals surface area contributed by atoms with Crippen LogP contribution in [0.15, 0.2) is 18.2 Å². The maximum absolute atomic E-state index is 14.5. The van der Waals surface area contributed by atoms with Crippen LogP contribution in [0.2, 0.25) is 0 Å². The molecule has 7 heteroatoms. The van der Waals surface area contributed by atoms with Gasteiger partial charge in [0.1, 0.15) is 11.9 Å². The highest BCUT2D eigenvalue weighted by Crippen LogP contribution is 2.61. The van der Waals surface area contributed by atoms with E-state index in [9.17, 15) is 14.0 Å². The van der Waals surface area contributed by atoms with Gasteiger partial charge in [0.15, 0.2) is 0 Å². The van der Waals surface area contributed by atoms with Crippen LogP contribution in [-0.2, 0) is 9.53 Å². The molecule has 1 aromatic rings. The van der Waals surface area contributed by atoms with Crippen LogP contribution >= 0.6 is 11.8 Å². The number of amides is 2. The molecule has 4 atom stereocenters. The average molecular weight is 350 g/mol. The van der Waals surface area contributed by atoms with E-state index in [1.807, 2.05) is 17.8 Å². The number of rotatable bonds is 4. The van der Waals surface area contributed by atoms with Crippen LogP contribution in [0, 0.1) is 17.7 Å². The summed E-state index contributed by atoms with van der Waals surface area (Å²) in [6.45, 7) is 1.98. The summed E-state index contributed by atoms with van der Waals surface area (Å²) in [4.78, 5) is 24.4. The molecule has 1 N–H and O–H groups in total. The van der Waals surface area contributed by atoms with Crippen LogP contribution in [0.1, 0.15) is 18.4 Å². The molecule has 2 saturated heterocycles. The first-order valence-corrected chi connectivity index (χ1v) is 9.30. The Balaban J connectivity index is 1.46. The average Bonchev–Trinajstić information content (AvgIpc) is 2.88. The molecule has 24 heavy (non-hydrogen) atoms. The van der Waals surface area contributed by atoms with Crippen LogP contribution in [0.3, 0.4) is 0 Å². The number of hydrogen-bond donors (Lipinski definition) is 1. The third-order valence-electron chi connectivity index (χ3n) is 5.06. The van der Waals surface area contributed by atoms with E-state index in [1.54, 1.807) is 6.07 Å². The summed E-state index contributed by atoms with van der Waals surface area (Å²) in [6, 6.07) is 5.03. The first-order chi connectivity index (χ1) is 11.5. The molecule has 0 aromatic heterocycles. The van der Waals surface area contributed by atoms with E-state index in [1.165, 1.54) is 17.9 Å². The fourth-order valence-corrected chi connectivity index (χ4v) is 5.34. The number of carbonyl (C=O) groups excluding carboxylic acids is 2. The van der Waals surface area contributed by atoms with Gasteiger partial charge in [-0.15, -0.1) is 0 Å². The molecule has 0 spiro atoms. The molecule has 3 aliphatic rings. The minimum Gasteiger partial charge on any atom is -0.442 e. The Kier molecular flexibility index (Phi) is 3.90. The highest BCUT2D eigenvalue weighted by atomic mass is 32.2. The number of carbonyl (C=O) groups is 2. The molecule has 0 unspecified atom stereocenters. The van der Waals surface area contributed by atoms with E-state index in [0.717, 1.165) is 17.1 Å². The van der Waals surface area contributed by atoms with E-state index < -0.39 is 12.2 Å². The lowest BCUT2D eigenvalue weighted by Crippen LogP contribution is -2.33. The van der Waals surface area contributed by atoms with Crippen molar-refractivity contribution in [3.8, 4) is 0 Å². The number of halogens is 1. The summed E-state index contributed by atoms with van der Waals surface area (Å²) < 4.78 is 19.8. The summed E-state index contributed by atoms with van der Waals surface area (Å²) in [6.07, 6.45) is -0.916. The Morgan fingerprint density at radius 1 is 1.42 bits per heavy atom. The van der Waals surface area contributed by atoms with Gasteiger partial charge in [0.2, 0.25) is 5.91 Å². The van der Waals surface area contributed by atoms with Gasteiger partial charge in [0, 0.05) is 6.92 Å². The monoisotopic (exact) mass is 350 g/mol. The second kappa shape index (κ2) is 5.95. The van der Waals surface area contributed by atoms with Gasteiger partial charge in [-0.2, -0.15) is 11.8 Å². The van der Waals surface area contributed by atoms with Gasteiger partial charge >= 0.3 is 6.09 Å². The molecule has 128 valence electrons. The number of cyclic esters (lactones) is 1. The van der Waals surface area contributed by atoms with Crippen molar-refractivity contribution in [1.29, 1.82) is 0 Å². The molecular formula is C17H19FN2O3S. The summed E-state index contributed by atoms with van der Waals surface area (Å²) in [5.74, 6) is 3.42. The minimum absolute atomic E-state index is 0.173. The summed E-state index contributed by atoms with van der Waals surface area (Å²) >= 11 is 1.95. The van der Waals surface area contributed by atoms with Crippen molar-refractivity contribution in [3.05, 3.63) is 29.6 Å². The van der Waals surface area contributed by atoms with Gasteiger partial charge in [0.25, 0.3) is 0 Å². The number of benzene rings is 1. The summed E-state index contributed by atoms with van der Waals surface area (Å²) in [5, 5.41) is 2.63. The highest BCUT2D eigenvalue weighted by molar-refractivity contribution is 7.99. The molecule has 1 saturated carbocycles. The smallest absolute Gasteiger partial charge is 0.414 e. The Morgan fingerprint density at radius 3 is 2.83 bits per heavy atom. The molecule has 1 aliphatic carbocycles. The number of thioether (sulfide) groups is 1. The second-order valence-electron chi connectivity index (χ2n) is 6.65. The van der Waals surface area contributed by atoms with Crippen molar-refractivity contribution >= 4 is 29.4 Å². The third kappa shape index (κ3) is 2.75. The molecule has 5 nitrogen and oxygen atoms in total. The lowest BCUT2D eigenvalue weighted by Gasteiger charge is -2.15. The van der Waals surface area contributed by atoms with Gasteiger partial charge in [-0.3, -0.25) is 9.69 Å². The Bertz CT molecular complexity index is 688. The van der Waals surface area contributed by atoms with Crippen molar-refractivity contribution in [3.63, 3.8) is 0 Å². The van der Waals surface area contributed by atoms with Gasteiger partial charge in [-0.1, -0.05) is 6.07 Å². The van der Waals surface area contributed by atoms with E-state index in [2.05, 4.69) is 5.32 Å². The number of anilines is 1. The van der Waals surface area contributed by atoms with Gasteiger partial charge in [0.05, 0.1) is 18.8 Å². The summed E-state index contributed by atoms with van der Waals surface area (Å²) in [5.41, 5.74) is 1.28. The predicted octanol–water partition coefficient (Wildman–Crippen LogP) is 2.36. The quantitative estimate of drug-likeness (QED) is 0.906. The predicted molar refractivity (Wildman–Crippen MR) is 89.7 cm³/mol. The molecule has 3 fully saturated rings. The third-order valence-corrected chi connectivity index (χ3v) is 6.30. The Hall–Kier alpha value is -1.76.